The number of ether oxygens (including phenoxy) is 1. The Balaban J connectivity index is 2.02. The average molecular weight is 345 g/mol. The topological polar surface area (TPSA) is 71.0 Å². The van der Waals surface area contributed by atoms with Crippen LogP contribution in [0.4, 0.5) is 5.69 Å². The summed E-state index contributed by atoms with van der Waals surface area (Å²) < 4.78 is 5.45. The third-order valence-corrected chi connectivity index (χ3v) is 3.87. The van der Waals surface area contributed by atoms with Gasteiger partial charge in [0.05, 0.1) is 12.3 Å². The summed E-state index contributed by atoms with van der Waals surface area (Å²) in [5, 5.41) is 8.47. The van der Waals surface area contributed by atoms with Crippen molar-refractivity contribution in [2.45, 2.75) is 40.5 Å². The van der Waals surface area contributed by atoms with Gasteiger partial charge in [-0.15, -0.1) is 0 Å². The Kier molecular flexibility index (Phi) is 6.70. The van der Waals surface area contributed by atoms with Crippen molar-refractivity contribution < 1.29 is 14.3 Å². The summed E-state index contributed by atoms with van der Waals surface area (Å²) in [5.41, 5.74) is 3.11. The van der Waals surface area contributed by atoms with Gasteiger partial charge in [-0.2, -0.15) is 5.10 Å². The molecule has 0 radical (unpaired) electrons. The summed E-state index contributed by atoms with van der Waals surface area (Å²) in [6.45, 7) is 9.62. The minimum atomic E-state index is -0.240. The number of nitrogens with zero attached hydrogens (tertiary/aromatic N) is 2. The molecular formula is C19H27N3O3. The lowest BCUT2D eigenvalue weighted by Crippen LogP contribution is -2.40. The predicted molar refractivity (Wildman–Crippen MR) is 98.7 cm³/mol. The van der Waals surface area contributed by atoms with E-state index < -0.39 is 0 Å². The van der Waals surface area contributed by atoms with Crippen molar-refractivity contribution in [3.8, 4) is 0 Å². The zero-order valence-electron chi connectivity index (χ0n) is 15.5. The van der Waals surface area contributed by atoms with E-state index in [-0.39, 0.29) is 18.2 Å². The van der Waals surface area contributed by atoms with Gasteiger partial charge in [-0.1, -0.05) is 26.0 Å². The number of anilines is 1. The molecule has 0 fully saturated rings. The molecule has 0 saturated heterocycles. The number of hydrazone groups is 1. The Morgan fingerprint density at radius 2 is 2.08 bits per heavy atom. The van der Waals surface area contributed by atoms with Crippen LogP contribution in [0.5, 0.6) is 0 Å². The molecule has 1 N–H and O–H groups in total. The average Bonchev–Trinajstić information content (AvgIpc) is 2.57. The quantitative estimate of drug-likeness (QED) is 0.772. The summed E-state index contributed by atoms with van der Waals surface area (Å²) >= 11 is 0. The van der Waals surface area contributed by atoms with Crippen LogP contribution < -0.4 is 10.3 Å². The molecule has 1 aromatic rings. The fourth-order valence-corrected chi connectivity index (χ4v) is 2.51. The zero-order valence-corrected chi connectivity index (χ0v) is 15.5. The fourth-order valence-electron chi connectivity index (χ4n) is 2.51. The van der Waals surface area contributed by atoms with E-state index in [1.807, 2.05) is 32.0 Å². The number of carbonyl (C=O) groups is 2. The first kappa shape index (κ1) is 19.1. The van der Waals surface area contributed by atoms with E-state index in [0.29, 0.717) is 37.8 Å². The van der Waals surface area contributed by atoms with E-state index >= 15 is 0 Å². The van der Waals surface area contributed by atoms with Crippen molar-refractivity contribution in [1.29, 1.82) is 0 Å². The van der Waals surface area contributed by atoms with Crippen molar-refractivity contribution in [3.05, 3.63) is 29.3 Å². The number of hydrogen-bond donors (Lipinski definition) is 1. The van der Waals surface area contributed by atoms with E-state index in [0.717, 1.165) is 16.8 Å². The molecular weight excluding hydrogens is 318 g/mol. The van der Waals surface area contributed by atoms with E-state index in [1.165, 1.54) is 5.01 Å². The van der Waals surface area contributed by atoms with Gasteiger partial charge in [0.1, 0.15) is 5.71 Å². The number of aryl methyl sites for hydroxylation is 2. The summed E-state index contributed by atoms with van der Waals surface area (Å²) in [6.07, 6.45) is 0.641. The monoisotopic (exact) mass is 345 g/mol. The number of benzene rings is 1. The Labute approximate surface area is 149 Å². The standard InChI is InChI=1S/C19H27N3O3/c1-13(2)12-25-10-9-20-19(24)16-7-8-18(23)22(21-16)17-11-14(3)5-6-15(17)4/h5-6,11,13H,7-10,12H2,1-4H3,(H,20,24). The fraction of sp³-hybridized carbons (Fsp3) is 0.526. The SMILES string of the molecule is Cc1ccc(C)c(N2N=C(C(=O)NCCOCC(C)C)CCC2=O)c1. The highest BCUT2D eigenvalue weighted by Crippen LogP contribution is 2.25. The second kappa shape index (κ2) is 8.76. The third-order valence-electron chi connectivity index (χ3n) is 3.87. The van der Waals surface area contributed by atoms with Crippen molar-refractivity contribution >= 4 is 23.2 Å². The molecule has 0 saturated carbocycles. The van der Waals surface area contributed by atoms with Gasteiger partial charge < -0.3 is 10.1 Å². The van der Waals surface area contributed by atoms with E-state index in [1.54, 1.807) is 0 Å². The first-order valence-corrected chi connectivity index (χ1v) is 8.72. The van der Waals surface area contributed by atoms with Crippen LogP contribution in [0, 0.1) is 19.8 Å². The van der Waals surface area contributed by atoms with Crippen molar-refractivity contribution in [3.63, 3.8) is 0 Å². The highest BCUT2D eigenvalue weighted by atomic mass is 16.5. The normalized spacial score (nSPS) is 14.7. The molecule has 6 nitrogen and oxygen atoms in total. The van der Waals surface area contributed by atoms with Gasteiger partial charge in [-0.25, -0.2) is 5.01 Å². The summed E-state index contributed by atoms with van der Waals surface area (Å²) in [4.78, 5) is 24.6. The van der Waals surface area contributed by atoms with Gasteiger partial charge in [0.25, 0.3) is 5.91 Å². The minimum Gasteiger partial charge on any atom is -0.379 e. The van der Waals surface area contributed by atoms with Crippen LogP contribution in [0.25, 0.3) is 0 Å². The molecule has 6 heteroatoms. The van der Waals surface area contributed by atoms with Gasteiger partial charge >= 0.3 is 0 Å². The minimum absolute atomic E-state index is 0.0921. The van der Waals surface area contributed by atoms with Crippen molar-refractivity contribution in [1.82, 2.24) is 5.32 Å². The van der Waals surface area contributed by atoms with E-state index in [4.69, 9.17) is 4.74 Å². The molecule has 0 spiro atoms. The molecule has 0 atom stereocenters. The zero-order chi connectivity index (χ0) is 18.4. The maximum atomic E-state index is 12.3. The Hall–Kier alpha value is -2.21. The molecule has 0 aliphatic carbocycles. The molecule has 1 heterocycles. The molecule has 1 aliphatic rings. The largest absolute Gasteiger partial charge is 0.379 e. The molecule has 0 aromatic heterocycles. The molecule has 136 valence electrons. The van der Waals surface area contributed by atoms with Crippen molar-refractivity contribution in [2.24, 2.45) is 11.0 Å². The number of amides is 2. The summed E-state index contributed by atoms with van der Waals surface area (Å²) in [5.74, 6) is 0.136. The van der Waals surface area contributed by atoms with Gasteiger partial charge in [0.15, 0.2) is 0 Å². The predicted octanol–water partition coefficient (Wildman–Crippen LogP) is 2.58. The Bertz CT molecular complexity index is 668. The van der Waals surface area contributed by atoms with Crippen LogP contribution in [0.15, 0.2) is 23.3 Å². The smallest absolute Gasteiger partial charge is 0.267 e. The number of rotatable bonds is 7. The van der Waals surface area contributed by atoms with Crippen molar-refractivity contribution in [2.75, 3.05) is 24.8 Å². The van der Waals surface area contributed by atoms with Crippen LogP contribution in [-0.4, -0.2) is 37.3 Å². The van der Waals surface area contributed by atoms with E-state index in [2.05, 4.69) is 24.3 Å². The van der Waals surface area contributed by atoms with Crippen LogP contribution >= 0.6 is 0 Å². The first-order chi connectivity index (χ1) is 11.9. The Morgan fingerprint density at radius 3 is 2.80 bits per heavy atom. The highest BCUT2D eigenvalue weighted by molar-refractivity contribution is 6.40. The van der Waals surface area contributed by atoms with Gasteiger partial charge in [-0.3, -0.25) is 9.59 Å². The number of nitrogens with one attached hydrogen (secondary N) is 1. The van der Waals surface area contributed by atoms with Gasteiger partial charge in [-0.05, 0) is 37.0 Å². The Morgan fingerprint density at radius 1 is 1.32 bits per heavy atom. The summed E-state index contributed by atoms with van der Waals surface area (Å²) in [7, 11) is 0. The molecule has 1 aromatic carbocycles. The molecule has 1 aliphatic heterocycles. The lowest BCUT2D eigenvalue weighted by Gasteiger charge is -2.24. The number of carbonyl (C=O) groups excluding carboxylic acids is 2. The van der Waals surface area contributed by atoms with Crippen LogP contribution in [0.1, 0.15) is 37.8 Å². The second-order valence-corrected chi connectivity index (χ2v) is 6.77. The lowest BCUT2D eigenvalue weighted by atomic mass is 10.1. The lowest BCUT2D eigenvalue weighted by molar-refractivity contribution is -0.119. The number of hydrogen-bond acceptors (Lipinski definition) is 4. The molecule has 2 amide bonds. The molecule has 0 unspecified atom stereocenters. The maximum absolute atomic E-state index is 12.3. The molecule has 0 bridgehead atoms. The molecule has 25 heavy (non-hydrogen) atoms. The maximum Gasteiger partial charge on any atom is 0.267 e. The highest BCUT2D eigenvalue weighted by Gasteiger charge is 2.26. The van der Waals surface area contributed by atoms with Gasteiger partial charge in [0.2, 0.25) is 5.91 Å². The van der Waals surface area contributed by atoms with Crippen LogP contribution in [0.2, 0.25) is 0 Å². The molecule has 2 rings (SSSR count). The second-order valence-electron chi connectivity index (χ2n) is 6.77. The van der Waals surface area contributed by atoms with Crippen LogP contribution in [0.3, 0.4) is 0 Å². The van der Waals surface area contributed by atoms with Crippen LogP contribution in [-0.2, 0) is 14.3 Å². The first-order valence-electron chi connectivity index (χ1n) is 8.72. The third kappa shape index (κ3) is 5.39. The van der Waals surface area contributed by atoms with E-state index in [9.17, 15) is 9.59 Å². The van der Waals surface area contributed by atoms with Gasteiger partial charge in [0, 0.05) is 26.0 Å². The summed E-state index contributed by atoms with van der Waals surface area (Å²) in [6, 6.07) is 5.85.